The summed E-state index contributed by atoms with van der Waals surface area (Å²) in [4.78, 5) is 46.8. The van der Waals surface area contributed by atoms with Crippen LogP contribution in [0.15, 0.2) is 48.5 Å². The van der Waals surface area contributed by atoms with Crippen LogP contribution < -0.4 is 5.32 Å². The Bertz CT molecular complexity index is 1410. The van der Waals surface area contributed by atoms with Crippen molar-refractivity contribution < 1.29 is 55.0 Å². The van der Waals surface area contributed by atoms with Gasteiger partial charge in [0.1, 0.15) is 17.0 Å². The van der Waals surface area contributed by atoms with Crippen LogP contribution in [0.2, 0.25) is 0 Å². The zero-order valence-electron chi connectivity index (χ0n) is 26.5. The molecule has 272 valence electrons. The van der Waals surface area contributed by atoms with E-state index in [0.717, 1.165) is 24.3 Å². The Morgan fingerprint density at radius 1 is 0.735 bits per heavy atom. The molecule has 0 spiro atoms. The first-order valence-corrected chi connectivity index (χ1v) is 16.4. The van der Waals surface area contributed by atoms with E-state index in [1.54, 1.807) is 13.8 Å². The topological polar surface area (TPSA) is 102 Å². The van der Waals surface area contributed by atoms with Crippen molar-refractivity contribution >= 4 is 57.9 Å². The number of hydrogen-bond acceptors (Lipinski definition) is 7. The minimum atomic E-state index is -4.42. The van der Waals surface area contributed by atoms with Crippen LogP contribution in [0.25, 0.3) is 0 Å². The van der Waals surface area contributed by atoms with E-state index in [1.807, 2.05) is 0 Å². The van der Waals surface area contributed by atoms with Crippen molar-refractivity contribution in [3.63, 3.8) is 0 Å². The maximum absolute atomic E-state index is 12.6. The molecule has 2 fully saturated rings. The average Bonchev–Trinajstić information content (AvgIpc) is 3.99. The Kier molecular flexibility index (Phi) is 15.7. The normalized spacial score (nSPS) is 15.3. The molecule has 1 N–H and O–H groups in total. The number of nitrogens with one attached hydrogen (secondary N) is 1. The standard InChI is InChI=1S/C16H17ClF3NO3.C14H16F3NO2.C2H2Cl2O/c1-2-24-14(23)15(7-8-15)21(13(22)9-17)10-11-3-5-12(6-4-11)16(18,19)20;1-2-20-12(19)13(7-8-13)18-9-10-3-5-11(6-4-10)14(15,16)17;3-1-2(4)5/h3-6H,2,7-10H2,1H3;3-6,18H,2,7-9H2,1H3;1H2. The smallest absolute Gasteiger partial charge is 0.416 e. The third kappa shape index (κ3) is 12.6. The van der Waals surface area contributed by atoms with Crippen LogP contribution in [0.1, 0.15) is 61.8 Å². The first kappa shape index (κ1) is 42.1. The summed E-state index contributed by atoms with van der Waals surface area (Å²) < 4.78 is 85.1. The molecule has 0 bridgehead atoms. The lowest BCUT2D eigenvalue weighted by Crippen LogP contribution is -2.48. The lowest BCUT2D eigenvalue weighted by molar-refractivity contribution is -0.156. The number of ether oxygens (including phenoxy) is 2. The van der Waals surface area contributed by atoms with Crippen LogP contribution in [0, 0.1) is 0 Å². The second kappa shape index (κ2) is 18.2. The Balaban J connectivity index is 0.000000303. The van der Waals surface area contributed by atoms with Gasteiger partial charge in [0.15, 0.2) is 0 Å². The molecule has 2 aliphatic rings. The van der Waals surface area contributed by atoms with E-state index in [0.29, 0.717) is 50.0 Å². The number of hydrogen-bond donors (Lipinski definition) is 1. The Labute approximate surface area is 294 Å². The fraction of sp³-hybridized carbons (Fsp3) is 0.500. The molecule has 2 aromatic carbocycles. The van der Waals surface area contributed by atoms with Gasteiger partial charge in [-0.1, -0.05) is 24.3 Å². The van der Waals surface area contributed by atoms with Gasteiger partial charge in [0, 0.05) is 13.1 Å². The molecule has 0 unspecified atom stereocenters. The maximum atomic E-state index is 12.6. The van der Waals surface area contributed by atoms with Gasteiger partial charge >= 0.3 is 24.3 Å². The number of carbonyl (C=O) groups excluding carboxylic acids is 4. The van der Waals surface area contributed by atoms with Gasteiger partial charge in [0.2, 0.25) is 11.1 Å². The summed E-state index contributed by atoms with van der Waals surface area (Å²) in [6.07, 6.45) is -6.44. The van der Waals surface area contributed by atoms with Gasteiger partial charge < -0.3 is 14.4 Å². The molecule has 0 aromatic heterocycles. The minimum absolute atomic E-state index is 0.00248. The molecule has 2 saturated carbocycles. The quantitative estimate of drug-likeness (QED) is 0.105. The van der Waals surface area contributed by atoms with E-state index >= 15 is 0 Å². The summed E-state index contributed by atoms with van der Waals surface area (Å²) in [7, 11) is 0. The molecule has 0 radical (unpaired) electrons. The van der Waals surface area contributed by atoms with Gasteiger partial charge in [-0.2, -0.15) is 26.3 Å². The monoisotopic (exact) mass is 762 g/mol. The van der Waals surface area contributed by atoms with Crippen LogP contribution in [0.4, 0.5) is 26.3 Å². The number of halogens is 9. The van der Waals surface area contributed by atoms with E-state index in [-0.39, 0.29) is 30.9 Å². The third-order valence-corrected chi connectivity index (χ3v) is 8.11. The highest BCUT2D eigenvalue weighted by atomic mass is 35.5. The van der Waals surface area contributed by atoms with Crippen molar-refractivity contribution in [2.45, 2.75) is 76.1 Å². The van der Waals surface area contributed by atoms with Crippen molar-refractivity contribution in [3.05, 3.63) is 70.8 Å². The summed E-state index contributed by atoms with van der Waals surface area (Å²) in [5.41, 5.74) is -1.95. The van der Waals surface area contributed by atoms with E-state index in [1.165, 1.54) is 29.2 Å². The van der Waals surface area contributed by atoms with Gasteiger partial charge in [-0.05, 0) is 86.5 Å². The Morgan fingerprint density at radius 2 is 1.16 bits per heavy atom. The van der Waals surface area contributed by atoms with Crippen LogP contribution in [0.5, 0.6) is 0 Å². The number of esters is 2. The lowest BCUT2D eigenvalue weighted by atomic mass is 10.1. The van der Waals surface area contributed by atoms with Gasteiger partial charge in [0.05, 0.1) is 30.2 Å². The number of rotatable bonds is 12. The van der Waals surface area contributed by atoms with Crippen LogP contribution in [0.3, 0.4) is 0 Å². The summed E-state index contributed by atoms with van der Waals surface area (Å²) in [5, 5.41) is 2.57. The highest BCUT2D eigenvalue weighted by Crippen LogP contribution is 2.44. The van der Waals surface area contributed by atoms with Crippen LogP contribution in [-0.2, 0) is 54.1 Å². The molecule has 2 aromatic rings. The van der Waals surface area contributed by atoms with E-state index in [2.05, 4.69) is 5.32 Å². The van der Waals surface area contributed by atoms with Crippen LogP contribution in [-0.4, -0.2) is 64.0 Å². The fourth-order valence-corrected chi connectivity index (χ4v) is 4.57. The minimum Gasteiger partial charge on any atom is -0.465 e. The predicted molar refractivity (Wildman–Crippen MR) is 170 cm³/mol. The molecule has 8 nitrogen and oxygen atoms in total. The van der Waals surface area contributed by atoms with E-state index < -0.39 is 51.7 Å². The van der Waals surface area contributed by atoms with E-state index in [9.17, 15) is 45.5 Å². The number of benzene rings is 2. The molecule has 0 saturated heterocycles. The first-order valence-electron chi connectivity index (χ1n) is 14.9. The molecule has 49 heavy (non-hydrogen) atoms. The second-order valence-corrected chi connectivity index (χ2v) is 11.9. The van der Waals surface area contributed by atoms with Crippen molar-refractivity contribution in [1.82, 2.24) is 10.2 Å². The number of amides is 1. The molecule has 1 amide bonds. The van der Waals surface area contributed by atoms with Gasteiger partial charge in [0.25, 0.3) is 0 Å². The SMILES string of the molecule is CCOC(=O)C1(N(Cc2ccc(C(F)(F)F)cc2)C(=O)CCl)CC1.CCOC(=O)C1(NCc2ccc(C(F)(F)F)cc2)CC1.O=C(Cl)CCl. The average molecular weight is 764 g/mol. The molecule has 0 aliphatic heterocycles. The fourth-order valence-electron chi connectivity index (χ4n) is 4.43. The molecule has 0 heterocycles. The van der Waals surface area contributed by atoms with Crippen molar-refractivity contribution in [1.29, 1.82) is 0 Å². The maximum Gasteiger partial charge on any atom is 0.416 e. The van der Waals surface area contributed by atoms with Crippen molar-refractivity contribution in [2.24, 2.45) is 0 Å². The molecular weight excluding hydrogens is 729 g/mol. The number of carbonyl (C=O) groups is 4. The zero-order valence-corrected chi connectivity index (χ0v) is 28.8. The van der Waals surface area contributed by atoms with Gasteiger partial charge in [-0.25, -0.2) is 4.79 Å². The lowest BCUT2D eigenvalue weighted by Gasteiger charge is -2.30. The predicted octanol–water partition coefficient (Wildman–Crippen LogP) is 7.25. The summed E-state index contributed by atoms with van der Waals surface area (Å²) >= 11 is 15.2. The molecule has 4 rings (SSSR count). The summed E-state index contributed by atoms with van der Waals surface area (Å²) in [5.74, 6) is -1.66. The molecular formula is C32H35Cl3F6N2O6. The van der Waals surface area contributed by atoms with Crippen molar-refractivity contribution in [2.75, 3.05) is 25.0 Å². The highest BCUT2D eigenvalue weighted by Gasteiger charge is 2.57. The number of alkyl halides is 8. The van der Waals surface area contributed by atoms with Gasteiger partial charge in [-0.15, -0.1) is 23.2 Å². The molecule has 0 atom stereocenters. The third-order valence-electron chi connectivity index (χ3n) is 7.37. The second-order valence-electron chi connectivity index (χ2n) is 10.9. The zero-order chi connectivity index (χ0) is 37.0. The van der Waals surface area contributed by atoms with Crippen molar-refractivity contribution in [3.8, 4) is 0 Å². The van der Waals surface area contributed by atoms with E-state index in [4.69, 9.17) is 44.3 Å². The number of nitrogens with zero attached hydrogens (tertiary/aromatic N) is 1. The Morgan fingerprint density at radius 3 is 1.51 bits per heavy atom. The first-order chi connectivity index (χ1) is 22.9. The highest BCUT2D eigenvalue weighted by molar-refractivity contribution is 6.67. The summed E-state index contributed by atoms with van der Waals surface area (Å²) in [6, 6.07) is 9.39. The Hall–Kier alpha value is -3.07. The summed E-state index contributed by atoms with van der Waals surface area (Å²) in [6.45, 7) is 4.26. The van der Waals surface area contributed by atoms with Crippen LogP contribution >= 0.6 is 34.8 Å². The van der Waals surface area contributed by atoms with Gasteiger partial charge in [-0.3, -0.25) is 19.7 Å². The largest absolute Gasteiger partial charge is 0.465 e. The molecule has 2 aliphatic carbocycles. The molecule has 17 heteroatoms.